The van der Waals surface area contributed by atoms with Crippen LogP contribution in [-0.4, -0.2) is 45.9 Å². The van der Waals surface area contributed by atoms with E-state index in [0.29, 0.717) is 12.1 Å². The molecule has 8 nitrogen and oxygen atoms in total. The molecule has 4 saturated carbocycles. The van der Waals surface area contributed by atoms with Crippen molar-refractivity contribution < 1.29 is 9.39 Å². The van der Waals surface area contributed by atoms with Gasteiger partial charge in [-0.1, -0.05) is 60.8 Å². The van der Waals surface area contributed by atoms with Gasteiger partial charge in [0.05, 0.1) is 12.1 Å². The second kappa shape index (κ2) is 18.1. The maximum Gasteiger partial charge on any atom is 0.297 e. The third-order valence-electron chi connectivity index (χ3n) is 10.9. The zero-order valence-electron chi connectivity index (χ0n) is 28.3. The normalized spacial score (nSPS) is 25.3. The van der Waals surface area contributed by atoms with Crippen molar-refractivity contribution in [3.63, 3.8) is 0 Å². The molecule has 8 heteroatoms. The van der Waals surface area contributed by atoms with Crippen LogP contribution >= 0.6 is 0 Å². The van der Waals surface area contributed by atoms with Crippen LogP contribution in [0.2, 0.25) is 0 Å². The summed E-state index contributed by atoms with van der Waals surface area (Å²) in [5, 5.41) is 40.9. The summed E-state index contributed by atoms with van der Waals surface area (Å²) < 4.78 is 4.78. The van der Waals surface area contributed by atoms with Gasteiger partial charge in [0, 0.05) is 50.4 Å². The lowest BCUT2D eigenvalue weighted by Crippen LogP contribution is -2.46. The highest BCUT2D eigenvalue weighted by Gasteiger charge is 2.50. The van der Waals surface area contributed by atoms with E-state index in [4.69, 9.17) is 20.5 Å². The topological polar surface area (TPSA) is 103 Å². The fraction of sp³-hybridized carbons (Fsp3) is 0.944. The Hall–Kier alpha value is -2.22. The Morgan fingerprint density at radius 3 is 1.25 bits per heavy atom. The van der Waals surface area contributed by atoms with Crippen LogP contribution in [0.1, 0.15) is 168 Å². The molecule has 0 aromatic carbocycles. The van der Waals surface area contributed by atoms with E-state index in [1.165, 1.54) is 103 Å². The van der Waals surface area contributed by atoms with Crippen LogP contribution in [0.25, 0.3) is 0 Å². The minimum Gasteiger partial charge on any atom is -0.198 e. The van der Waals surface area contributed by atoms with E-state index < -0.39 is 0 Å². The van der Waals surface area contributed by atoms with Gasteiger partial charge in [-0.3, -0.25) is 0 Å². The predicted molar refractivity (Wildman–Crippen MR) is 173 cm³/mol. The van der Waals surface area contributed by atoms with Gasteiger partial charge in [0.15, 0.2) is 13.1 Å². The lowest BCUT2D eigenvalue weighted by atomic mass is 9.88. The third kappa shape index (κ3) is 10.1. The molecule has 0 aromatic rings. The minimum absolute atomic E-state index is 0.0691. The first kappa shape index (κ1) is 34.6. The van der Waals surface area contributed by atoms with Gasteiger partial charge < -0.3 is 0 Å². The van der Waals surface area contributed by atoms with Crippen molar-refractivity contribution in [1.82, 2.24) is 0 Å². The Morgan fingerprint density at radius 2 is 0.909 bits per heavy atom. The zero-order chi connectivity index (χ0) is 31.1. The van der Waals surface area contributed by atoms with E-state index >= 15 is 0 Å². The Bertz CT molecular complexity index is 943. The van der Waals surface area contributed by atoms with E-state index in [1.54, 1.807) is 0 Å². The monoisotopic (exact) mass is 607 g/mol. The summed E-state index contributed by atoms with van der Waals surface area (Å²) in [7, 11) is 0. The number of nitrogens with zero attached hydrogens (tertiary/aromatic N) is 8. The first-order valence-corrected chi connectivity index (χ1v) is 18.7. The molecule has 0 saturated heterocycles. The van der Waals surface area contributed by atoms with Gasteiger partial charge in [-0.2, -0.15) is 10.5 Å². The summed E-state index contributed by atoms with van der Waals surface area (Å²) in [4.78, 5) is 0. The van der Waals surface area contributed by atoms with Crippen LogP contribution in [0.15, 0.2) is 20.5 Å². The highest BCUT2D eigenvalue weighted by atomic mass is 15.5. The van der Waals surface area contributed by atoms with Crippen LogP contribution in [-0.2, 0) is 0 Å². The first-order chi connectivity index (χ1) is 21.5. The Kier molecular flexibility index (Phi) is 14.2. The number of hydrogen-bond donors (Lipinski definition) is 0. The molecule has 0 bridgehead atoms. The minimum atomic E-state index is -0.387. The van der Waals surface area contributed by atoms with Gasteiger partial charge in [-0.15, -0.1) is 10.2 Å². The average molecular weight is 607 g/mol. The fourth-order valence-electron chi connectivity index (χ4n) is 8.00. The summed E-state index contributed by atoms with van der Waals surface area (Å²) in [6, 6.07) is 5.63. The van der Waals surface area contributed by atoms with E-state index in [-0.39, 0.29) is 23.2 Å². The summed E-state index contributed by atoms with van der Waals surface area (Å²) >= 11 is 0. The molecule has 2 unspecified atom stereocenters. The molecule has 0 aliphatic heterocycles. The molecule has 244 valence electrons. The van der Waals surface area contributed by atoms with Gasteiger partial charge in [0.1, 0.15) is 12.1 Å². The highest BCUT2D eigenvalue weighted by molar-refractivity contribution is 4.85. The van der Waals surface area contributed by atoms with Crippen molar-refractivity contribution in [2.45, 2.75) is 191 Å². The number of rotatable bonds is 14. The van der Waals surface area contributed by atoms with Gasteiger partial charge in [0.2, 0.25) is 0 Å². The lowest BCUT2D eigenvalue weighted by Gasteiger charge is -2.32. The Morgan fingerprint density at radius 1 is 0.568 bits per heavy atom. The molecule has 2 atom stereocenters. The van der Waals surface area contributed by atoms with Crippen molar-refractivity contribution in [2.24, 2.45) is 32.3 Å². The molecule has 44 heavy (non-hydrogen) atoms. The van der Waals surface area contributed by atoms with Crippen molar-refractivity contribution in [3.05, 3.63) is 0 Å². The smallest absolute Gasteiger partial charge is 0.198 e. The second-order valence-electron chi connectivity index (χ2n) is 14.7. The second-order valence-corrected chi connectivity index (χ2v) is 14.7. The first-order valence-electron chi connectivity index (χ1n) is 18.7. The molecule has 0 radical (unpaired) electrons. The van der Waals surface area contributed by atoms with E-state index in [1.807, 2.05) is 13.8 Å². The summed E-state index contributed by atoms with van der Waals surface area (Å²) in [6.45, 7) is 5.79. The highest BCUT2D eigenvalue weighted by Crippen LogP contribution is 2.40. The number of hydrogen-bond acceptors (Lipinski definition) is 6. The molecule has 0 N–H and O–H groups in total. The van der Waals surface area contributed by atoms with Crippen molar-refractivity contribution in [3.8, 4) is 12.1 Å². The summed E-state index contributed by atoms with van der Waals surface area (Å²) in [5.41, 5.74) is -0.774. The number of azo groups is 5. The van der Waals surface area contributed by atoms with E-state index in [2.05, 4.69) is 21.5 Å². The van der Waals surface area contributed by atoms with Crippen LogP contribution in [0, 0.1) is 34.5 Å². The quantitative estimate of drug-likeness (QED) is 0.145. The van der Waals surface area contributed by atoms with Gasteiger partial charge in [-0.25, -0.2) is 0 Å². The van der Waals surface area contributed by atoms with Crippen LogP contribution in [0.4, 0.5) is 0 Å². The zero-order valence-corrected chi connectivity index (χ0v) is 28.3. The summed E-state index contributed by atoms with van der Waals surface area (Å²) in [6.07, 6.45) is 27.4. The molecule has 0 spiro atoms. The maximum atomic E-state index is 9.44. The van der Waals surface area contributed by atoms with E-state index in [0.717, 1.165) is 64.5 Å². The van der Waals surface area contributed by atoms with Crippen molar-refractivity contribution in [1.29, 1.82) is 10.5 Å². The molecule has 4 fully saturated rings. The standard InChI is InChI=1S/C36H62N8/c1-31(29-37)17-15-27-43(39-33-19-7-3-8-20-33)35(23-11-5-12-24-35)41-42-36(25-13-6-14-26-36)44(28-16-18-32(2)30-38)40-34-21-9-4-10-22-34/h31-34H,3-28H2,1-2H3/q+2. The number of nitriles is 2. The molecule has 4 aliphatic rings. The van der Waals surface area contributed by atoms with Gasteiger partial charge in [-0.05, 0) is 88.3 Å². The molecule has 4 aliphatic carbocycles. The van der Waals surface area contributed by atoms with Crippen molar-refractivity contribution in [2.75, 3.05) is 13.1 Å². The van der Waals surface area contributed by atoms with E-state index in [9.17, 15) is 10.5 Å². The lowest BCUT2D eigenvalue weighted by molar-refractivity contribution is -0.683. The molecule has 0 aromatic heterocycles. The molecular weight excluding hydrogens is 544 g/mol. The van der Waals surface area contributed by atoms with Gasteiger partial charge >= 0.3 is 0 Å². The Labute approximate surface area is 268 Å². The maximum absolute atomic E-state index is 9.44. The Balaban J connectivity index is 1.69. The summed E-state index contributed by atoms with van der Waals surface area (Å²) in [5.74, 6) is 0.138. The average Bonchev–Trinajstić information content (AvgIpc) is 3.08. The third-order valence-corrected chi connectivity index (χ3v) is 10.9. The fourth-order valence-corrected chi connectivity index (χ4v) is 8.00. The molecule has 0 amide bonds. The van der Waals surface area contributed by atoms with Crippen LogP contribution in [0.5, 0.6) is 0 Å². The molecule has 0 heterocycles. The van der Waals surface area contributed by atoms with Crippen LogP contribution in [0.3, 0.4) is 0 Å². The van der Waals surface area contributed by atoms with Gasteiger partial charge in [0.25, 0.3) is 11.3 Å². The van der Waals surface area contributed by atoms with Crippen LogP contribution < -0.4 is 0 Å². The molecular formula is C36H62N8+2. The SMILES string of the molecule is CC(C#N)CCC[N+](=NC1CCCCC1)C1(N=NC2([N+](CCCC(C)C#N)=NC3CCCCC3)CCCCC2)CCCCC1. The predicted octanol–water partition coefficient (Wildman–Crippen LogP) is 10.2. The van der Waals surface area contributed by atoms with Crippen molar-refractivity contribution >= 4 is 0 Å². The molecule has 4 rings (SSSR count). The largest absolute Gasteiger partial charge is 0.297 e.